The molecule has 2 amide bonds. The third-order valence-electron chi connectivity index (χ3n) is 5.70. The summed E-state index contributed by atoms with van der Waals surface area (Å²) in [6.07, 6.45) is 4.37. The van der Waals surface area contributed by atoms with Gasteiger partial charge in [0.05, 0.1) is 20.2 Å². The minimum Gasteiger partial charge on any atom is -0.497 e. The SMILES string of the molecule is COc1ccc(C2CCCCCN2CC(=O)NCC(=O)Nc2cccc(Cl)c2C)cc1. The van der Waals surface area contributed by atoms with Crippen LogP contribution in [0, 0.1) is 6.92 Å². The van der Waals surface area contributed by atoms with Gasteiger partial charge in [-0.15, -0.1) is 0 Å². The first-order valence-electron chi connectivity index (χ1n) is 10.7. The minimum atomic E-state index is -0.277. The van der Waals surface area contributed by atoms with E-state index in [4.69, 9.17) is 16.3 Å². The lowest BCUT2D eigenvalue weighted by Gasteiger charge is -2.29. The molecule has 2 aromatic rings. The van der Waals surface area contributed by atoms with Crippen molar-refractivity contribution in [3.05, 3.63) is 58.6 Å². The van der Waals surface area contributed by atoms with Gasteiger partial charge in [-0.25, -0.2) is 0 Å². The summed E-state index contributed by atoms with van der Waals surface area (Å²) in [6.45, 7) is 2.89. The zero-order chi connectivity index (χ0) is 22.2. The number of benzene rings is 2. The molecule has 0 radical (unpaired) electrons. The van der Waals surface area contributed by atoms with Gasteiger partial charge in [0.1, 0.15) is 5.75 Å². The van der Waals surface area contributed by atoms with Gasteiger partial charge in [-0.1, -0.05) is 42.6 Å². The summed E-state index contributed by atoms with van der Waals surface area (Å²) in [6, 6.07) is 13.6. The summed E-state index contributed by atoms with van der Waals surface area (Å²) < 4.78 is 5.26. The molecule has 0 aliphatic carbocycles. The molecule has 1 aliphatic rings. The van der Waals surface area contributed by atoms with E-state index in [0.29, 0.717) is 10.7 Å². The number of halogens is 1. The van der Waals surface area contributed by atoms with Gasteiger partial charge < -0.3 is 15.4 Å². The predicted octanol–water partition coefficient (Wildman–Crippen LogP) is 4.33. The number of nitrogens with one attached hydrogen (secondary N) is 2. The van der Waals surface area contributed by atoms with Crippen molar-refractivity contribution >= 4 is 29.1 Å². The molecular formula is C24H30ClN3O3. The van der Waals surface area contributed by atoms with Gasteiger partial charge in [0.15, 0.2) is 0 Å². The average molecular weight is 444 g/mol. The molecule has 0 saturated carbocycles. The number of hydrogen-bond acceptors (Lipinski definition) is 4. The van der Waals surface area contributed by atoms with Gasteiger partial charge in [-0.3, -0.25) is 14.5 Å². The summed E-state index contributed by atoms with van der Waals surface area (Å²) in [5.41, 5.74) is 2.64. The maximum atomic E-state index is 12.6. The first-order chi connectivity index (χ1) is 15.0. The molecule has 0 aromatic heterocycles. The highest BCUT2D eigenvalue weighted by Crippen LogP contribution is 2.31. The summed E-state index contributed by atoms with van der Waals surface area (Å²) in [5, 5.41) is 6.14. The quantitative estimate of drug-likeness (QED) is 0.668. The van der Waals surface area contributed by atoms with E-state index < -0.39 is 0 Å². The smallest absolute Gasteiger partial charge is 0.243 e. The van der Waals surface area contributed by atoms with Gasteiger partial charge >= 0.3 is 0 Å². The average Bonchev–Trinajstić information content (AvgIpc) is 3.01. The Balaban J connectivity index is 1.56. The topological polar surface area (TPSA) is 70.7 Å². The van der Waals surface area contributed by atoms with Crippen molar-refractivity contribution in [2.24, 2.45) is 0 Å². The summed E-state index contributed by atoms with van der Waals surface area (Å²) in [7, 11) is 1.65. The number of nitrogens with zero attached hydrogens (tertiary/aromatic N) is 1. The zero-order valence-electron chi connectivity index (χ0n) is 18.1. The number of rotatable bonds is 7. The van der Waals surface area contributed by atoms with E-state index in [1.165, 1.54) is 5.56 Å². The van der Waals surface area contributed by atoms with Gasteiger partial charge in [-0.05, 0) is 61.7 Å². The largest absolute Gasteiger partial charge is 0.497 e. The van der Waals surface area contributed by atoms with Crippen LogP contribution < -0.4 is 15.4 Å². The lowest BCUT2D eigenvalue weighted by molar-refractivity contribution is -0.125. The van der Waals surface area contributed by atoms with Crippen LogP contribution in [0.2, 0.25) is 5.02 Å². The molecule has 1 fully saturated rings. The highest BCUT2D eigenvalue weighted by Gasteiger charge is 2.24. The zero-order valence-corrected chi connectivity index (χ0v) is 18.9. The molecule has 166 valence electrons. The fourth-order valence-corrected chi connectivity index (χ4v) is 4.09. The molecule has 1 atom stereocenters. The summed E-state index contributed by atoms with van der Waals surface area (Å²) >= 11 is 6.09. The summed E-state index contributed by atoms with van der Waals surface area (Å²) in [5.74, 6) is 0.391. The Kier molecular flexibility index (Phi) is 8.32. The molecule has 2 N–H and O–H groups in total. The van der Waals surface area contributed by atoms with Crippen LogP contribution in [-0.2, 0) is 9.59 Å². The van der Waals surface area contributed by atoms with E-state index in [1.54, 1.807) is 25.3 Å². The van der Waals surface area contributed by atoms with Crippen molar-refractivity contribution in [1.29, 1.82) is 0 Å². The Hall–Kier alpha value is -2.57. The van der Waals surface area contributed by atoms with Crippen LogP contribution in [0.15, 0.2) is 42.5 Å². The Morgan fingerprint density at radius 2 is 1.87 bits per heavy atom. The third kappa shape index (κ3) is 6.45. The number of methoxy groups -OCH3 is 1. The molecular weight excluding hydrogens is 414 g/mol. The standard InChI is InChI=1S/C24H30ClN3O3/c1-17-20(25)7-6-8-21(17)27-23(29)15-26-24(30)16-28-14-5-3-4-9-22(28)18-10-12-19(31-2)13-11-18/h6-8,10-13,22H,3-5,9,14-16H2,1-2H3,(H,26,30)(H,27,29). The van der Waals surface area contributed by atoms with E-state index in [9.17, 15) is 9.59 Å². The van der Waals surface area contributed by atoms with E-state index in [2.05, 4.69) is 27.7 Å². The second-order valence-corrected chi connectivity index (χ2v) is 8.25. The first kappa shape index (κ1) is 23.1. The third-order valence-corrected chi connectivity index (χ3v) is 6.11. The predicted molar refractivity (Wildman–Crippen MR) is 124 cm³/mol. The Bertz CT molecular complexity index is 901. The van der Waals surface area contributed by atoms with Crippen molar-refractivity contribution in [2.45, 2.75) is 38.6 Å². The molecule has 1 unspecified atom stereocenters. The lowest BCUT2D eigenvalue weighted by Crippen LogP contribution is -2.41. The molecule has 3 rings (SSSR count). The monoisotopic (exact) mass is 443 g/mol. The van der Waals surface area contributed by atoms with E-state index in [-0.39, 0.29) is 30.9 Å². The van der Waals surface area contributed by atoms with Crippen molar-refractivity contribution in [3.63, 3.8) is 0 Å². The molecule has 1 saturated heterocycles. The second-order valence-electron chi connectivity index (χ2n) is 7.85. The van der Waals surface area contributed by atoms with Crippen LogP contribution in [0.25, 0.3) is 0 Å². The molecule has 0 bridgehead atoms. The molecule has 2 aromatic carbocycles. The number of amides is 2. The Morgan fingerprint density at radius 3 is 2.61 bits per heavy atom. The lowest BCUT2D eigenvalue weighted by atomic mass is 10.0. The second kappa shape index (κ2) is 11.2. The summed E-state index contributed by atoms with van der Waals surface area (Å²) in [4.78, 5) is 27.1. The first-order valence-corrected chi connectivity index (χ1v) is 11.1. The van der Waals surface area contributed by atoms with E-state index in [0.717, 1.165) is 43.5 Å². The molecule has 1 aliphatic heterocycles. The normalized spacial score (nSPS) is 16.9. The number of likely N-dealkylation sites (tertiary alicyclic amines) is 1. The maximum absolute atomic E-state index is 12.6. The fourth-order valence-electron chi connectivity index (χ4n) is 3.92. The van der Waals surface area contributed by atoms with Crippen LogP contribution in [0.4, 0.5) is 5.69 Å². The number of hydrogen-bond donors (Lipinski definition) is 2. The highest BCUT2D eigenvalue weighted by atomic mass is 35.5. The fraction of sp³-hybridized carbons (Fsp3) is 0.417. The van der Waals surface area contributed by atoms with Crippen molar-refractivity contribution in [1.82, 2.24) is 10.2 Å². The molecule has 1 heterocycles. The molecule has 7 heteroatoms. The van der Waals surface area contributed by atoms with Crippen molar-refractivity contribution in [2.75, 3.05) is 32.1 Å². The van der Waals surface area contributed by atoms with Crippen molar-refractivity contribution in [3.8, 4) is 5.75 Å². The van der Waals surface area contributed by atoms with Crippen LogP contribution in [0.5, 0.6) is 5.75 Å². The number of anilines is 1. The maximum Gasteiger partial charge on any atom is 0.243 e. The van der Waals surface area contributed by atoms with E-state index in [1.807, 2.05) is 19.1 Å². The molecule has 0 spiro atoms. The highest BCUT2D eigenvalue weighted by molar-refractivity contribution is 6.31. The van der Waals surface area contributed by atoms with Gasteiger partial charge in [-0.2, -0.15) is 0 Å². The number of carbonyl (C=O) groups is 2. The molecule has 6 nitrogen and oxygen atoms in total. The van der Waals surface area contributed by atoms with Gasteiger partial charge in [0, 0.05) is 16.8 Å². The van der Waals surface area contributed by atoms with Crippen molar-refractivity contribution < 1.29 is 14.3 Å². The Morgan fingerprint density at radius 1 is 1.10 bits per heavy atom. The van der Waals surface area contributed by atoms with E-state index >= 15 is 0 Å². The van der Waals surface area contributed by atoms with Crippen LogP contribution in [-0.4, -0.2) is 43.5 Å². The van der Waals surface area contributed by atoms with Crippen LogP contribution >= 0.6 is 11.6 Å². The number of carbonyl (C=O) groups excluding carboxylic acids is 2. The van der Waals surface area contributed by atoms with Gasteiger partial charge in [0.25, 0.3) is 0 Å². The van der Waals surface area contributed by atoms with Crippen LogP contribution in [0.1, 0.15) is 42.9 Å². The minimum absolute atomic E-state index is 0.0776. The van der Waals surface area contributed by atoms with Gasteiger partial charge in [0.2, 0.25) is 11.8 Å². The van der Waals surface area contributed by atoms with Crippen LogP contribution in [0.3, 0.4) is 0 Å². The number of ether oxygens (including phenoxy) is 1. The molecule has 31 heavy (non-hydrogen) atoms. The Labute approximate surface area is 188 Å².